The predicted molar refractivity (Wildman–Crippen MR) is 87.1 cm³/mol. The van der Waals surface area contributed by atoms with E-state index in [-0.39, 0.29) is 17.6 Å². The predicted octanol–water partition coefficient (Wildman–Crippen LogP) is 4.35. The molecule has 0 aliphatic heterocycles. The van der Waals surface area contributed by atoms with Crippen molar-refractivity contribution >= 4 is 0 Å². The molecule has 0 spiro atoms. The molecule has 0 aliphatic rings. The Bertz CT molecular complexity index is 395. The Balaban J connectivity index is 3.06. The Morgan fingerprint density at radius 2 is 1.90 bits per heavy atom. The number of benzene rings is 1. The summed E-state index contributed by atoms with van der Waals surface area (Å²) in [6.07, 6.45) is 2.48. The van der Waals surface area contributed by atoms with Crippen molar-refractivity contribution in [1.29, 1.82) is 0 Å². The molecule has 0 heterocycles. The maximum Gasteiger partial charge on any atom is 0.0817 e. The van der Waals surface area contributed by atoms with Crippen LogP contribution in [0, 0.1) is 5.41 Å². The molecule has 1 N–H and O–H groups in total. The van der Waals surface area contributed by atoms with Crippen LogP contribution in [-0.2, 0) is 11.2 Å². The Labute approximate surface area is 124 Å². The summed E-state index contributed by atoms with van der Waals surface area (Å²) in [4.78, 5) is 0. The van der Waals surface area contributed by atoms with Crippen LogP contribution in [0.3, 0.4) is 0 Å². The van der Waals surface area contributed by atoms with Gasteiger partial charge >= 0.3 is 0 Å². The summed E-state index contributed by atoms with van der Waals surface area (Å²) in [5.74, 6) is 0. The normalized spacial score (nSPS) is 15.1. The summed E-state index contributed by atoms with van der Waals surface area (Å²) in [7, 11) is 2.02. The van der Waals surface area contributed by atoms with E-state index in [1.165, 1.54) is 17.5 Å². The van der Waals surface area contributed by atoms with Gasteiger partial charge in [-0.25, -0.2) is 0 Å². The molecule has 114 valence electrons. The van der Waals surface area contributed by atoms with E-state index in [0.29, 0.717) is 0 Å². The first-order chi connectivity index (χ1) is 9.43. The molecule has 1 aromatic carbocycles. The van der Waals surface area contributed by atoms with E-state index in [1.54, 1.807) is 0 Å². The van der Waals surface area contributed by atoms with Crippen LogP contribution in [0.2, 0.25) is 0 Å². The van der Waals surface area contributed by atoms with Crippen molar-refractivity contribution in [2.24, 2.45) is 5.41 Å². The summed E-state index contributed by atoms with van der Waals surface area (Å²) in [5.41, 5.74) is 2.84. The smallest absolute Gasteiger partial charge is 0.0817 e. The molecular formula is C18H31NO. The first kappa shape index (κ1) is 17.2. The second kappa shape index (κ2) is 7.80. The number of hydrogen-bond acceptors (Lipinski definition) is 2. The first-order valence-corrected chi connectivity index (χ1v) is 7.81. The topological polar surface area (TPSA) is 21.3 Å². The molecule has 2 unspecified atom stereocenters. The second-order valence-electron chi connectivity index (χ2n) is 6.50. The van der Waals surface area contributed by atoms with Gasteiger partial charge in [-0.1, -0.05) is 58.4 Å². The molecule has 0 fully saturated rings. The summed E-state index contributed by atoms with van der Waals surface area (Å²) in [6.45, 7) is 11.8. The van der Waals surface area contributed by atoms with E-state index in [2.05, 4.69) is 64.2 Å². The third kappa shape index (κ3) is 4.60. The van der Waals surface area contributed by atoms with Gasteiger partial charge in [0.25, 0.3) is 0 Å². The molecule has 0 saturated carbocycles. The molecule has 0 bridgehead atoms. The fraction of sp³-hybridized carbons (Fsp3) is 0.667. The third-order valence-electron chi connectivity index (χ3n) is 3.66. The highest BCUT2D eigenvalue weighted by atomic mass is 16.5. The lowest BCUT2D eigenvalue weighted by molar-refractivity contribution is -0.0350. The monoisotopic (exact) mass is 277 g/mol. The van der Waals surface area contributed by atoms with Gasteiger partial charge in [0.05, 0.1) is 12.1 Å². The van der Waals surface area contributed by atoms with Crippen LogP contribution >= 0.6 is 0 Å². The van der Waals surface area contributed by atoms with Crippen molar-refractivity contribution < 1.29 is 4.74 Å². The number of nitrogens with one attached hydrogen (secondary N) is 1. The molecule has 0 saturated heterocycles. The number of rotatable bonds is 7. The highest BCUT2D eigenvalue weighted by molar-refractivity contribution is 5.27. The van der Waals surface area contributed by atoms with Crippen LogP contribution in [0.25, 0.3) is 0 Å². The zero-order valence-electron chi connectivity index (χ0n) is 14.0. The molecular weight excluding hydrogens is 246 g/mol. The quantitative estimate of drug-likeness (QED) is 0.800. The van der Waals surface area contributed by atoms with Gasteiger partial charge in [0.2, 0.25) is 0 Å². The van der Waals surface area contributed by atoms with Crippen LogP contribution in [0.5, 0.6) is 0 Å². The molecule has 2 atom stereocenters. The molecule has 0 radical (unpaired) electrons. The van der Waals surface area contributed by atoms with Crippen molar-refractivity contribution in [2.45, 2.75) is 59.6 Å². The zero-order chi connectivity index (χ0) is 15.2. The maximum atomic E-state index is 6.05. The standard InChI is InChI=1S/C18H31NO/c1-7-10-14-11-9-12-15(13-14)16(19-6)17(20-8-2)18(3,4)5/h9,11-13,16-17,19H,7-8,10H2,1-6H3. The fourth-order valence-electron chi connectivity index (χ4n) is 2.75. The lowest BCUT2D eigenvalue weighted by Crippen LogP contribution is -2.41. The van der Waals surface area contributed by atoms with Crippen molar-refractivity contribution in [3.8, 4) is 0 Å². The summed E-state index contributed by atoms with van der Waals surface area (Å²) < 4.78 is 6.05. The third-order valence-corrected chi connectivity index (χ3v) is 3.66. The van der Waals surface area contributed by atoms with E-state index in [4.69, 9.17) is 4.74 Å². The van der Waals surface area contributed by atoms with Crippen LogP contribution in [0.4, 0.5) is 0 Å². The van der Waals surface area contributed by atoms with E-state index >= 15 is 0 Å². The van der Waals surface area contributed by atoms with Crippen LogP contribution in [0.15, 0.2) is 24.3 Å². The number of hydrogen-bond donors (Lipinski definition) is 1. The summed E-state index contributed by atoms with van der Waals surface area (Å²) in [6, 6.07) is 9.13. The Morgan fingerprint density at radius 3 is 2.40 bits per heavy atom. The Kier molecular flexibility index (Phi) is 6.70. The van der Waals surface area contributed by atoms with Gasteiger partial charge in [-0.2, -0.15) is 0 Å². The first-order valence-electron chi connectivity index (χ1n) is 7.81. The average Bonchev–Trinajstić information content (AvgIpc) is 2.38. The number of ether oxygens (including phenoxy) is 1. The molecule has 1 rings (SSSR count). The molecule has 0 aliphatic carbocycles. The van der Waals surface area contributed by atoms with Gasteiger partial charge in [0.15, 0.2) is 0 Å². The molecule has 20 heavy (non-hydrogen) atoms. The minimum absolute atomic E-state index is 0.102. The van der Waals surface area contributed by atoms with Crippen LogP contribution < -0.4 is 5.32 Å². The molecule has 2 nitrogen and oxygen atoms in total. The molecule has 0 amide bonds. The zero-order valence-corrected chi connectivity index (χ0v) is 14.0. The summed E-state index contributed by atoms with van der Waals surface area (Å²) in [5, 5.41) is 3.45. The van der Waals surface area contributed by atoms with Crippen molar-refractivity contribution in [1.82, 2.24) is 5.32 Å². The molecule has 0 aromatic heterocycles. The van der Waals surface area contributed by atoms with Crippen molar-refractivity contribution in [3.05, 3.63) is 35.4 Å². The van der Waals surface area contributed by atoms with Gasteiger partial charge in [0.1, 0.15) is 0 Å². The van der Waals surface area contributed by atoms with Crippen molar-refractivity contribution in [2.75, 3.05) is 13.7 Å². The number of likely N-dealkylation sites (N-methyl/N-ethyl adjacent to an activating group) is 1. The van der Waals surface area contributed by atoms with E-state index in [9.17, 15) is 0 Å². The van der Waals surface area contributed by atoms with Gasteiger partial charge in [0, 0.05) is 6.61 Å². The SMILES string of the molecule is CCCc1cccc(C(NC)C(OCC)C(C)(C)C)c1. The minimum atomic E-state index is 0.102. The lowest BCUT2D eigenvalue weighted by Gasteiger charge is -2.37. The second-order valence-corrected chi connectivity index (χ2v) is 6.50. The van der Waals surface area contributed by atoms with Gasteiger partial charge in [-0.3, -0.25) is 0 Å². The van der Waals surface area contributed by atoms with E-state index in [1.807, 2.05) is 7.05 Å². The van der Waals surface area contributed by atoms with E-state index < -0.39 is 0 Å². The van der Waals surface area contributed by atoms with Crippen LogP contribution in [0.1, 0.15) is 58.2 Å². The summed E-state index contributed by atoms with van der Waals surface area (Å²) >= 11 is 0. The minimum Gasteiger partial charge on any atom is -0.376 e. The maximum absolute atomic E-state index is 6.05. The average molecular weight is 277 g/mol. The van der Waals surface area contributed by atoms with Gasteiger partial charge in [-0.05, 0) is 36.9 Å². The van der Waals surface area contributed by atoms with Gasteiger partial charge < -0.3 is 10.1 Å². The molecule has 2 heteroatoms. The highest BCUT2D eigenvalue weighted by Crippen LogP contribution is 2.33. The van der Waals surface area contributed by atoms with Crippen LogP contribution in [-0.4, -0.2) is 19.8 Å². The Morgan fingerprint density at radius 1 is 1.20 bits per heavy atom. The highest BCUT2D eigenvalue weighted by Gasteiger charge is 2.33. The molecule has 1 aromatic rings. The fourth-order valence-corrected chi connectivity index (χ4v) is 2.75. The van der Waals surface area contributed by atoms with Crippen molar-refractivity contribution in [3.63, 3.8) is 0 Å². The lowest BCUT2D eigenvalue weighted by atomic mass is 9.81. The number of aryl methyl sites for hydroxylation is 1. The Hall–Kier alpha value is -0.860. The van der Waals surface area contributed by atoms with Gasteiger partial charge in [-0.15, -0.1) is 0 Å². The largest absolute Gasteiger partial charge is 0.376 e. The van der Waals surface area contributed by atoms with E-state index in [0.717, 1.165) is 13.0 Å².